The Bertz CT molecular complexity index is 2740. The number of fused-ring (bicyclic) bond motifs is 3. The highest BCUT2D eigenvalue weighted by atomic mass is 35.5. The minimum absolute atomic E-state index is 0.00306. The zero-order valence-electron chi connectivity index (χ0n) is 38.0. The van der Waals surface area contributed by atoms with E-state index in [0.717, 1.165) is 73.1 Å². The number of amides is 1. The molecule has 0 radical (unpaired) electrons. The lowest BCUT2D eigenvalue weighted by Crippen LogP contribution is -2.52. The summed E-state index contributed by atoms with van der Waals surface area (Å²) in [4.78, 5) is 29.8. The second-order valence-corrected chi connectivity index (χ2v) is 20.8. The first kappa shape index (κ1) is 49.3. The fourth-order valence-corrected chi connectivity index (χ4v) is 11.6. The Labute approximate surface area is 415 Å². The highest BCUT2D eigenvalue weighted by molar-refractivity contribution is 7.89. The molecule has 1 saturated carbocycles. The third-order valence-corrected chi connectivity index (χ3v) is 15.9. The van der Waals surface area contributed by atoms with Crippen LogP contribution in [-0.2, 0) is 37.3 Å². The number of piperidine rings is 3. The topological polar surface area (TPSA) is 160 Å². The molecule has 5 heterocycles. The Morgan fingerprint density at radius 3 is 2.23 bits per heavy atom. The standard InChI is InChI=1S/C51H52Cl2F2N4O10S/c52-41-27-58(62)28-42(53)40(41)26-45(36-15-18-44(68-50(54)55)46(25-36)66-31-32-11-12-32)67-49(60)43-10-5-21-59(43)70(63,64)39-16-13-33(14-17-39)30-65-38-9-4-8-37(24-38)48(35-6-2-1-3-7-35)56-51(61)69-47-29-57-22-19-34(47)20-23-57/h1-4,6-9,13-18,24-25,27-28,32,34,43,45,47-48,50H,5,10-12,19-23,26,29-31H2,(H,56,61)/t43-,45-,47-,48-/m0/s1. The number of hydrogen-bond acceptors (Lipinski definition) is 11. The lowest BCUT2D eigenvalue weighted by Gasteiger charge is -2.43. The van der Waals surface area contributed by atoms with Gasteiger partial charge in [-0.05, 0) is 122 Å². The summed E-state index contributed by atoms with van der Waals surface area (Å²) in [6, 6.07) is 25.6. The summed E-state index contributed by atoms with van der Waals surface area (Å²) >= 11 is 12.9. The number of sulfonamides is 1. The van der Waals surface area contributed by atoms with E-state index in [0.29, 0.717) is 33.9 Å². The van der Waals surface area contributed by atoms with Crippen LogP contribution in [0.1, 0.15) is 78.5 Å². The van der Waals surface area contributed by atoms with E-state index in [1.165, 1.54) is 30.3 Å². The van der Waals surface area contributed by atoms with Crippen LogP contribution in [-0.4, -0.2) is 81.2 Å². The average molecular weight is 1020 g/mol. The van der Waals surface area contributed by atoms with Gasteiger partial charge in [-0.1, -0.05) is 83.9 Å². The van der Waals surface area contributed by atoms with Crippen LogP contribution in [0.25, 0.3) is 0 Å². The lowest BCUT2D eigenvalue weighted by atomic mass is 9.86. The van der Waals surface area contributed by atoms with Gasteiger partial charge in [-0.25, -0.2) is 13.2 Å². The van der Waals surface area contributed by atoms with E-state index in [1.807, 2.05) is 48.5 Å². The van der Waals surface area contributed by atoms with Gasteiger partial charge in [-0.15, -0.1) is 0 Å². The van der Waals surface area contributed by atoms with E-state index in [9.17, 15) is 32.0 Å². The summed E-state index contributed by atoms with van der Waals surface area (Å²) in [6.45, 7) is 0.0921. The Morgan fingerprint density at radius 1 is 0.814 bits per heavy atom. The predicted molar refractivity (Wildman–Crippen MR) is 254 cm³/mol. The number of carbonyl (C=O) groups excluding carboxylic acids is 2. The van der Waals surface area contributed by atoms with E-state index in [1.54, 1.807) is 18.2 Å². The van der Waals surface area contributed by atoms with E-state index in [2.05, 4.69) is 10.2 Å². The van der Waals surface area contributed by atoms with Crippen LogP contribution in [0.3, 0.4) is 0 Å². The van der Waals surface area contributed by atoms with Crippen molar-refractivity contribution in [3.63, 3.8) is 0 Å². The first-order valence-electron chi connectivity index (χ1n) is 23.3. The van der Waals surface area contributed by atoms with Crippen LogP contribution in [0.5, 0.6) is 17.2 Å². The summed E-state index contributed by atoms with van der Waals surface area (Å²) in [6.07, 6.45) is 4.65. The van der Waals surface area contributed by atoms with Crippen molar-refractivity contribution < 1.29 is 55.2 Å². The molecule has 1 aromatic heterocycles. The smallest absolute Gasteiger partial charge is 0.408 e. The maximum absolute atomic E-state index is 14.2. The van der Waals surface area contributed by atoms with Gasteiger partial charge in [-0.3, -0.25) is 9.69 Å². The molecule has 5 fully saturated rings. The number of alkyl carbamates (subject to hydrolysis) is 1. The highest BCUT2D eigenvalue weighted by Crippen LogP contribution is 2.39. The third kappa shape index (κ3) is 11.9. The van der Waals surface area contributed by atoms with Crippen LogP contribution < -0.4 is 24.3 Å². The molecule has 14 nitrogen and oxygen atoms in total. The number of rotatable bonds is 19. The zero-order chi connectivity index (χ0) is 48.9. The fourth-order valence-electron chi connectivity index (χ4n) is 9.33. The number of esters is 1. The molecule has 5 aromatic rings. The van der Waals surface area contributed by atoms with E-state index in [4.69, 9.17) is 46.9 Å². The molecule has 5 aliphatic rings. The molecule has 4 aromatic carbocycles. The average Bonchev–Trinajstić information content (AvgIpc) is 4.05. The summed E-state index contributed by atoms with van der Waals surface area (Å²) in [5, 5.41) is 15.1. The molecule has 1 amide bonds. The van der Waals surface area contributed by atoms with Gasteiger partial charge in [0.1, 0.15) is 40.7 Å². The van der Waals surface area contributed by atoms with Gasteiger partial charge in [-0.2, -0.15) is 17.8 Å². The van der Waals surface area contributed by atoms with Gasteiger partial charge in [0.05, 0.1) is 17.5 Å². The molecule has 19 heteroatoms. The van der Waals surface area contributed by atoms with Crippen LogP contribution in [0, 0.1) is 17.0 Å². The molecule has 1 aliphatic carbocycles. The third-order valence-electron chi connectivity index (χ3n) is 13.3. The molecular weight excluding hydrogens is 970 g/mol. The molecule has 4 aliphatic heterocycles. The number of hydrogen-bond donors (Lipinski definition) is 1. The monoisotopic (exact) mass is 1020 g/mol. The van der Waals surface area contributed by atoms with Crippen molar-refractivity contribution in [2.24, 2.45) is 11.8 Å². The summed E-state index contributed by atoms with van der Waals surface area (Å²) in [5.74, 6) is 0.0939. The number of aromatic nitrogens is 1. The fraction of sp³-hybridized carbons (Fsp3) is 0.392. The quantitative estimate of drug-likeness (QED) is 0.0477. The number of carbonyl (C=O) groups is 2. The number of ether oxygens (including phenoxy) is 5. The van der Waals surface area contributed by atoms with Crippen LogP contribution in [0.4, 0.5) is 13.6 Å². The molecule has 0 spiro atoms. The molecule has 70 heavy (non-hydrogen) atoms. The molecule has 0 unspecified atom stereocenters. The predicted octanol–water partition coefficient (Wildman–Crippen LogP) is 9.19. The number of pyridine rings is 1. The first-order chi connectivity index (χ1) is 33.8. The van der Waals surface area contributed by atoms with E-state index < -0.39 is 46.9 Å². The van der Waals surface area contributed by atoms with Crippen molar-refractivity contribution >= 4 is 45.3 Å². The van der Waals surface area contributed by atoms with Gasteiger partial charge in [0.25, 0.3) is 0 Å². The number of nitrogens with one attached hydrogen (secondary N) is 1. The van der Waals surface area contributed by atoms with E-state index >= 15 is 0 Å². The Kier molecular flexibility index (Phi) is 15.3. The number of halogens is 4. The molecule has 370 valence electrons. The number of alkyl halides is 2. The van der Waals surface area contributed by atoms with Gasteiger partial charge in [0, 0.05) is 25.1 Å². The van der Waals surface area contributed by atoms with Crippen molar-refractivity contribution in [2.75, 3.05) is 32.8 Å². The summed E-state index contributed by atoms with van der Waals surface area (Å²) < 4.78 is 85.7. The molecule has 10 rings (SSSR count). The zero-order valence-corrected chi connectivity index (χ0v) is 40.3. The van der Waals surface area contributed by atoms with Crippen LogP contribution in [0.15, 0.2) is 114 Å². The molecule has 4 atom stereocenters. The first-order valence-corrected chi connectivity index (χ1v) is 25.5. The maximum Gasteiger partial charge on any atom is 0.408 e. The summed E-state index contributed by atoms with van der Waals surface area (Å²) in [7, 11) is -4.23. The van der Waals surface area contributed by atoms with Gasteiger partial charge in [0.2, 0.25) is 10.0 Å². The minimum atomic E-state index is -4.23. The minimum Gasteiger partial charge on any atom is -0.619 e. The molecular formula is C51H52Cl2F2N4O10S. The second kappa shape index (κ2) is 21.7. The van der Waals surface area contributed by atoms with Crippen molar-refractivity contribution in [2.45, 2.75) is 87.4 Å². The number of benzene rings is 4. The molecule has 4 saturated heterocycles. The number of nitrogens with zero attached hydrogens (tertiary/aromatic N) is 3. The molecule has 2 bridgehead atoms. The Hall–Kier alpha value is -5.72. The van der Waals surface area contributed by atoms with Gasteiger partial charge in [0.15, 0.2) is 23.9 Å². The van der Waals surface area contributed by atoms with Crippen molar-refractivity contribution in [1.82, 2.24) is 14.5 Å². The van der Waals surface area contributed by atoms with Crippen molar-refractivity contribution in [1.29, 1.82) is 0 Å². The Balaban J connectivity index is 0.876. The van der Waals surface area contributed by atoms with Crippen molar-refractivity contribution in [3.05, 3.63) is 153 Å². The largest absolute Gasteiger partial charge is 0.619 e. The second-order valence-electron chi connectivity index (χ2n) is 18.1. The van der Waals surface area contributed by atoms with Crippen LogP contribution in [0.2, 0.25) is 10.0 Å². The normalized spacial score (nSPS) is 20.9. The SMILES string of the molecule is O=C(N[C@@H](c1ccccc1)c1cccc(OCc2ccc(S(=O)(=O)N3CCC[C@H]3C(=O)O[C@@H](Cc3c(Cl)c[n+]([O-])cc3Cl)c3ccc(OC(F)F)c(OCC4CC4)c3)cc2)c1)O[C@H]1CN2CCC1CC2. The Morgan fingerprint density at radius 2 is 1.54 bits per heavy atom. The van der Waals surface area contributed by atoms with Crippen LogP contribution >= 0.6 is 23.2 Å². The lowest BCUT2D eigenvalue weighted by molar-refractivity contribution is -0.605. The summed E-state index contributed by atoms with van der Waals surface area (Å²) in [5.41, 5.74) is 2.89. The van der Waals surface area contributed by atoms with Gasteiger partial charge >= 0.3 is 18.7 Å². The van der Waals surface area contributed by atoms with Gasteiger partial charge < -0.3 is 34.2 Å². The van der Waals surface area contributed by atoms with E-state index in [-0.39, 0.29) is 76.6 Å². The highest BCUT2D eigenvalue weighted by Gasteiger charge is 2.42. The maximum atomic E-state index is 14.2. The molecule has 1 N–H and O–H groups in total. The van der Waals surface area contributed by atoms with Crippen molar-refractivity contribution in [3.8, 4) is 17.2 Å².